The average Bonchev–Trinajstić information content (AvgIpc) is 2.54. The SMILES string of the molecule is CCNC(=O)C1COCCN1C(=O)c1ccc(CCl)cc1. The average molecular weight is 311 g/mol. The van der Waals surface area contributed by atoms with E-state index in [0.29, 0.717) is 31.1 Å². The number of morpholine rings is 1. The summed E-state index contributed by atoms with van der Waals surface area (Å²) in [6.45, 7) is 3.47. The predicted molar refractivity (Wildman–Crippen MR) is 80.3 cm³/mol. The van der Waals surface area contributed by atoms with Crippen LogP contribution in [0.1, 0.15) is 22.8 Å². The minimum Gasteiger partial charge on any atom is -0.377 e. The number of hydrogen-bond acceptors (Lipinski definition) is 3. The van der Waals surface area contributed by atoms with Crippen molar-refractivity contribution in [2.75, 3.05) is 26.3 Å². The fourth-order valence-corrected chi connectivity index (χ4v) is 2.44. The van der Waals surface area contributed by atoms with E-state index in [-0.39, 0.29) is 18.4 Å². The molecule has 1 fully saturated rings. The zero-order valence-corrected chi connectivity index (χ0v) is 12.7. The molecule has 1 aromatic rings. The quantitative estimate of drug-likeness (QED) is 0.855. The fraction of sp³-hybridized carbons (Fsp3) is 0.467. The summed E-state index contributed by atoms with van der Waals surface area (Å²) in [4.78, 5) is 26.2. The van der Waals surface area contributed by atoms with Crippen LogP contribution in [-0.2, 0) is 15.4 Å². The van der Waals surface area contributed by atoms with Crippen molar-refractivity contribution in [3.8, 4) is 0 Å². The van der Waals surface area contributed by atoms with Crippen molar-refractivity contribution in [3.05, 3.63) is 35.4 Å². The van der Waals surface area contributed by atoms with Gasteiger partial charge in [0.05, 0.1) is 13.2 Å². The number of halogens is 1. The molecule has 21 heavy (non-hydrogen) atoms. The van der Waals surface area contributed by atoms with Crippen LogP contribution in [0.5, 0.6) is 0 Å². The van der Waals surface area contributed by atoms with E-state index >= 15 is 0 Å². The molecule has 1 N–H and O–H groups in total. The Kier molecular flexibility index (Phi) is 5.59. The maximum atomic E-state index is 12.6. The second-order valence-corrected chi connectivity index (χ2v) is 5.08. The Morgan fingerprint density at radius 1 is 1.38 bits per heavy atom. The molecule has 0 bridgehead atoms. The molecule has 0 spiro atoms. The second-order valence-electron chi connectivity index (χ2n) is 4.81. The second kappa shape index (κ2) is 7.43. The molecule has 1 aromatic carbocycles. The van der Waals surface area contributed by atoms with Crippen LogP contribution in [0.15, 0.2) is 24.3 Å². The number of benzene rings is 1. The molecule has 1 heterocycles. The molecule has 2 rings (SSSR count). The highest BCUT2D eigenvalue weighted by Crippen LogP contribution is 2.14. The van der Waals surface area contributed by atoms with Gasteiger partial charge in [-0.15, -0.1) is 11.6 Å². The number of nitrogens with one attached hydrogen (secondary N) is 1. The van der Waals surface area contributed by atoms with Gasteiger partial charge >= 0.3 is 0 Å². The number of hydrogen-bond donors (Lipinski definition) is 1. The Balaban J connectivity index is 2.15. The Morgan fingerprint density at radius 3 is 2.71 bits per heavy atom. The van der Waals surface area contributed by atoms with E-state index in [1.807, 2.05) is 19.1 Å². The van der Waals surface area contributed by atoms with Crippen molar-refractivity contribution < 1.29 is 14.3 Å². The lowest BCUT2D eigenvalue weighted by Gasteiger charge is -2.34. The maximum Gasteiger partial charge on any atom is 0.254 e. The third-order valence-corrected chi connectivity index (χ3v) is 3.71. The lowest BCUT2D eigenvalue weighted by molar-refractivity contribution is -0.130. The van der Waals surface area contributed by atoms with Gasteiger partial charge in [-0.05, 0) is 24.6 Å². The smallest absolute Gasteiger partial charge is 0.254 e. The normalized spacial score (nSPS) is 18.4. The van der Waals surface area contributed by atoms with Crippen molar-refractivity contribution in [3.63, 3.8) is 0 Å². The van der Waals surface area contributed by atoms with Gasteiger partial charge in [0.15, 0.2) is 0 Å². The largest absolute Gasteiger partial charge is 0.377 e. The van der Waals surface area contributed by atoms with Crippen LogP contribution >= 0.6 is 11.6 Å². The molecule has 0 saturated carbocycles. The highest BCUT2D eigenvalue weighted by Gasteiger charge is 2.32. The first-order valence-corrected chi connectivity index (χ1v) is 7.52. The number of carbonyl (C=O) groups excluding carboxylic acids is 2. The third kappa shape index (κ3) is 3.74. The molecular formula is C15H19ClN2O3. The van der Waals surface area contributed by atoms with Crippen LogP contribution in [0.4, 0.5) is 0 Å². The molecule has 0 radical (unpaired) electrons. The van der Waals surface area contributed by atoms with Crippen molar-refractivity contribution in [2.24, 2.45) is 0 Å². The van der Waals surface area contributed by atoms with Gasteiger partial charge in [0.2, 0.25) is 5.91 Å². The first kappa shape index (κ1) is 15.8. The van der Waals surface area contributed by atoms with Crippen LogP contribution in [0.3, 0.4) is 0 Å². The Hall–Kier alpha value is -1.59. The third-order valence-electron chi connectivity index (χ3n) is 3.40. The Morgan fingerprint density at radius 2 is 2.10 bits per heavy atom. The summed E-state index contributed by atoms with van der Waals surface area (Å²) in [5, 5.41) is 2.74. The highest BCUT2D eigenvalue weighted by molar-refractivity contribution is 6.17. The van der Waals surface area contributed by atoms with Gasteiger partial charge in [-0.2, -0.15) is 0 Å². The Labute approximate surface area is 129 Å². The van der Waals surface area contributed by atoms with E-state index < -0.39 is 6.04 Å². The minimum absolute atomic E-state index is 0.157. The van der Waals surface area contributed by atoms with Crippen LogP contribution in [-0.4, -0.2) is 49.1 Å². The number of amides is 2. The van der Waals surface area contributed by atoms with Gasteiger partial charge in [-0.1, -0.05) is 12.1 Å². The van der Waals surface area contributed by atoms with E-state index in [9.17, 15) is 9.59 Å². The van der Waals surface area contributed by atoms with Gasteiger partial charge in [0, 0.05) is 24.5 Å². The summed E-state index contributed by atoms with van der Waals surface area (Å²) in [7, 11) is 0. The van der Waals surface area contributed by atoms with E-state index in [0.717, 1.165) is 5.56 Å². The summed E-state index contributed by atoms with van der Waals surface area (Å²) < 4.78 is 5.33. The zero-order chi connectivity index (χ0) is 15.2. The molecule has 0 aromatic heterocycles. The van der Waals surface area contributed by atoms with Crippen LogP contribution < -0.4 is 5.32 Å². The van der Waals surface area contributed by atoms with E-state index in [2.05, 4.69) is 5.32 Å². The van der Waals surface area contributed by atoms with Crippen molar-refractivity contribution in [1.29, 1.82) is 0 Å². The summed E-state index contributed by atoms with van der Waals surface area (Å²) in [5.41, 5.74) is 1.51. The lowest BCUT2D eigenvalue weighted by atomic mass is 10.1. The molecular weight excluding hydrogens is 292 g/mol. The molecule has 6 heteroatoms. The van der Waals surface area contributed by atoms with E-state index in [1.165, 1.54) is 0 Å². The number of alkyl halides is 1. The van der Waals surface area contributed by atoms with Gasteiger partial charge < -0.3 is 15.0 Å². The summed E-state index contributed by atoms with van der Waals surface area (Å²) in [5.74, 6) is 0.0756. The van der Waals surface area contributed by atoms with Gasteiger partial charge in [-0.25, -0.2) is 0 Å². The first-order chi connectivity index (χ1) is 10.2. The standard InChI is InChI=1S/C15H19ClN2O3/c1-2-17-14(19)13-10-21-8-7-18(13)15(20)12-5-3-11(9-16)4-6-12/h3-6,13H,2,7-10H2,1H3,(H,17,19). The zero-order valence-electron chi connectivity index (χ0n) is 12.0. The summed E-state index contributed by atoms with van der Waals surface area (Å²) in [6.07, 6.45) is 0. The number of ether oxygens (including phenoxy) is 1. The number of carbonyl (C=O) groups is 2. The Bertz CT molecular complexity index is 504. The predicted octanol–water partition coefficient (Wildman–Crippen LogP) is 1.40. The summed E-state index contributed by atoms with van der Waals surface area (Å²) in [6, 6.07) is 6.55. The van der Waals surface area contributed by atoms with Crippen molar-refractivity contribution in [1.82, 2.24) is 10.2 Å². The molecule has 1 aliphatic rings. The molecule has 2 amide bonds. The maximum absolute atomic E-state index is 12.6. The van der Waals surface area contributed by atoms with Crippen LogP contribution in [0, 0.1) is 0 Å². The topological polar surface area (TPSA) is 58.6 Å². The molecule has 114 valence electrons. The highest BCUT2D eigenvalue weighted by atomic mass is 35.5. The molecule has 1 atom stereocenters. The van der Waals surface area contributed by atoms with Crippen molar-refractivity contribution >= 4 is 23.4 Å². The van der Waals surface area contributed by atoms with Crippen molar-refractivity contribution in [2.45, 2.75) is 18.8 Å². The lowest BCUT2D eigenvalue weighted by Crippen LogP contribution is -2.55. The molecule has 5 nitrogen and oxygen atoms in total. The first-order valence-electron chi connectivity index (χ1n) is 6.98. The number of rotatable bonds is 4. The fourth-order valence-electron chi connectivity index (χ4n) is 2.26. The molecule has 1 aliphatic heterocycles. The molecule has 0 aliphatic carbocycles. The van der Waals surface area contributed by atoms with Gasteiger partial charge in [0.1, 0.15) is 6.04 Å². The molecule has 1 unspecified atom stereocenters. The van der Waals surface area contributed by atoms with Gasteiger partial charge in [0.25, 0.3) is 5.91 Å². The monoisotopic (exact) mass is 310 g/mol. The van der Waals surface area contributed by atoms with Crippen LogP contribution in [0.2, 0.25) is 0 Å². The van der Waals surface area contributed by atoms with Gasteiger partial charge in [-0.3, -0.25) is 9.59 Å². The minimum atomic E-state index is -0.570. The molecule has 1 saturated heterocycles. The van der Waals surface area contributed by atoms with E-state index in [4.69, 9.17) is 16.3 Å². The number of likely N-dealkylation sites (N-methyl/N-ethyl adjacent to an activating group) is 1. The van der Waals surface area contributed by atoms with E-state index in [1.54, 1.807) is 17.0 Å². The summed E-state index contributed by atoms with van der Waals surface area (Å²) >= 11 is 5.74. The van der Waals surface area contributed by atoms with Crippen LogP contribution in [0.25, 0.3) is 0 Å². The number of nitrogens with zero attached hydrogens (tertiary/aromatic N) is 1.